The minimum atomic E-state index is -1.58. The molecule has 4 aromatic rings. The van der Waals surface area contributed by atoms with Crippen molar-refractivity contribution in [1.29, 1.82) is 0 Å². The summed E-state index contributed by atoms with van der Waals surface area (Å²) in [6.45, 7) is 0. The monoisotopic (exact) mass is 600 g/mol. The summed E-state index contributed by atoms with van der Waals surface area (Å²) in [5.74, 6) is -7.92. The van der Waals surface area contributed by atoms with Crippen molar-refractivity contribution in [3.05, 3.63) is 143 Å². The van der Waals surface area contributed by atoms with Gasteiger partial charge in [-0.05, 0) is 28.8 Å². The van der Waals surface area contributed by atoms with E-state index in [1.807, 2.05) is 0 Å². The fourth-order valence-corrected chi connectivity index (χ4v) is 2.86. The summed E-state index contributed by atoms with van der Waals surface area (Å²) in [5, 5.41) is 56.3. The Hall–Kier alpha value is -5.77. The van der Waals surface area contributed by atoms with E-state index in [0.29, 0.717) is 0 Å². The van der Waals surface area contributed by atoms with Gasteiger partial charge >= 0.3 is 35.3 Å². The fraction of sp³-hybridized carbons (Fsp3) is 0. The van der Waals surface area contributed by atoms with Gasteiger partial charge in [0, 0.05) is 0 Å². The molecule has 0 aromatic heterocycles. The van der Waals surface area contributed by atoms with Crippen LogP contribution < -0.4 is 15.3 Å². The SMILES string of the molecule is O=C(O)c1cccc(C(=O)O)c1C(=O)O.O=C([O-])c1ccccc1.O=C([O-])c1ccccc1.O=C([O-])c1ccccc1.[Al+3]. The van der Waals surface area contributed by atoms with E-state index in [9.17, 15) is 44.1 Å². The van der Waals surface area contributed by atoms with Gasteiger partial charge in [0.25, 0.3) is 0 Å². The normalized spacial score (nSPS) is 8.93. The van der Waals surface area contributed by atoms with E-state index >= 15 is 0 Å². The minimum absolute atomic E-state index is 0. The largest absolute Gasteiger partial charge is 3.00 e. The molecule has 0 saturated heterocycles. The van der Waals surface area contributed by atoms with Gasteiger partial charge in [0.1, 0.15) is 0 Å². The molecule has 3 N–H and O–H groups in total. The van der Waals surface area contributed by atoms with E-state index in [2.05, 4.69) is 0 Å². The Bertz CT molecular complexity index is 1370. The Kier molecular flexibility index (Phi) is 16.7. The summed E-state index contributed by atoms with van der Waals surface area (Å²) in [5.41, 5.74) is -1.13. The van der Waals surface area contributed by atoms with Crippen LogP contribution in [0.2, 0.25) is 0 Å². The van der Waals surface area contributed by atoms with Crippen LogP contribution in [0, 0.1) is 0 Å². The van der Waals surface area contributed by atoms with Crippen molar-refractivity contribution in [2.24, 2.45) is 0 Å². The predicted octanol–water partition coefficient (Wildman–Crippen LogP) is 0.551. The first-order valence-corrected chi connectivity index (χ1v) is 11.5. The number of carbonyl (C=O) groups excluding carboxylic acids is 3. The Morgan fingerprint density at radius 1 is 0.395 bits per heavy atom. The van der Waals surface area contributed by atoms with Crippen LogP contribution in [-0.2, 0) is 0 Å². The Morgan fingerprint density at radius 3 is 0.814 bits per heavy atom. The predicted molar refractivity (Wildman–Crippen MR) is 145 cm³/mol. The first-order chi connectivity index (χ1) is 19.9. The minimum Gasteiger partial charge on any atom is -0.545 e. The molecule has 4 aromatic carbocycles. The molecule has 0 radical (unpaired) electrons. The van der Waals surface area contributed by atoms with Crippen LogP contribution in [0.4, 0.5) is 0 Å². The average Bonchev–Trinajstić information content (AvgIpc) is 2.99. The molecule has 0 aliphatic carbocycles. The molecule has 0 aliphatic rings. The third-order valence-corrected chi connectivity index (χ3v) is 4.77. The topological polar surface area (TPSA) is 232 Å². The zero-order valence-corrected chi connectivity index (χ0v) is 23.1. The summed E-state index contributed by atoms with van der Waals surface area (Å²) in [6.07, 6.45) is 0. The summed E-state index contributed by atoms with van der Waals surface area (Å²) < 4.78 is 0. The number of carbonyl (C=O) groups is 6. The van der Waals surface area contributed by atoms with E-state index in [-0.39, 0.29) is 34.1 Å². The van der Waals surface area contributed by atoms with Gasteiger partial charge in [-0.3, -0.25) is 0 Å². The van der Waals surface area contributed by atoms with Gasteiger partial charge in [0.05, 0.1) is 34.6 Å². The average molecular weight is 600 g/mol. The molecule has 0 fully saturated rings. The van der Waals surface area contributed by atoms with Gasteiger partial charge in [-0.15, -0.1) is 0 Å². The second-order valence-electron chi connectivity index (χ2n) is 7.60. The van der Waals surface area contributed by atoms with Crippen molar-refractivity contribution in [3.8, 4) is 0 Å². The molecule has 0 amide bonds. The van der Waals surface area contributed by atoms with Crippen molar-refractivity contribution in [2.45, 2.75) is 0 Å². The maximum atomic E-state index is 10.7. The van der Waals surface area contributed by atoms with Gasteiger partial charge in [-0.1, -0.05) is 97.1 Å². The molecule has 0 saturated carbocycles. The number of benzene rings is 4. The number of rotatable bonds is 6. The molecule has 13 heteroatoms. The molecule has 0 bridgehead atoms. The number of hydrogen-bond acceptors (Lipinski definition) is 9. The van der Waals surface area contributed by atoms with Crippen LogP contribution in [0.25, 0.3) is 0 Å². The first-order valence-electron chi connectivity index (χ1n) is 11.5. The van der Waals surface area contributed by atoms with E-state index in [0.717, 1.165) is 12.1 Å². The molecule has 0 aliphatic heterocycles. The third-order valence-electron chi connectivity index (χ3n) is 4.77. The van der Waals surface area contributed by atoms with Crippen LogP contribution in [0.5, 0.6) is 0 Å². The van der Waals surface area contributed by atoms with Gasteiger partial charge < -0.3 is 45.0 Å². The number of carboxylic acid groups (broad SMARTS) is 6. The Balaban J connectivity index is 0.000000559. The molecule has 12 nitrogen and oxygen atoms in total. The number of hydrogen-bond donors (Lipinski definition) is 3. The zero-order chi connectivity index (χ0) is 31.7. The third kappa shape index (κ3) is 13.4. The summed E-state index contributed by atoms with van der Waals surface area (Å²) in [6, 6.07) is 27.4. The molecule has 0 unspecified atom stereocenters. The van der Waals surface area contributed by atoms with Crippen LogP contribution in [0.3, 0.4) is 0 Å². The second-order valence-corrected chi connectivity index (χ2v) is 7.60. The molecule has 216 valence electrons. The standard InChI is InChI=1S/C9H6O6.3C7H6O2.Al/c10-7(11)4-2-1-3-5(8(12)13)6(4)9(14)15;3*8-7(9)6-4-2-1-3-5-6;/h1-3H,(H,10,11)(H,12,13)(H,14,15);3*1-5H,(H,8,9);/q;;;;+3/p-3. The van der Waals surface area contributed by atoms with Crippen LogP contribution in [0.15, 0.2) is 109 Å². The summed E-state index contributed by atoms with van der Waals surface area (Å²) >= 11 is 0. The molecule has 0 atom stereocenters. The van der Waals surface area contributed by atoms with Gasteiger partial charge in [0.15, 0.2) is 0 Å². The molecule has 0 heterocycles. The van der Waals surface area contributed by atoms with Crippen molar-refractivity contribution in [1.82, 2.24) is 0 Å². The zero-order valence-electron chi connectivity index (χ0n) is 22.0. The summed E-state index contributed by atoms with van der Waals surface area (Å²) in [7, 11) is 0. The molecule has 43 heavy (non-hydrogen) atoms. The number of carboxylic acids is 6. The molecular formula is C30H21AlO12. The molecular weight excluding hydrogens is 579 g/mol. The van der Waals surface area contributed by atoms with Crippen LogP contribution in [0.1, 0.15) is 62.1 Å². The van der Waals surface area contributed by atoms with E-state index in [4.69, 9.17) is 15.3 Å². The van der Waals surface area contributed by atoms with Crippen molar-refractivity contribution in [2.75, 3.05) is 0 Å². The van der Waals surface area contributed by atoms with Gasteiger partial charge in [-0.2, -0.15) is 0 Å². The molecule has 0 spiro atoms. The fourth-order valence-electron chi connectivity index (χ4n) is 2.86. The summed E-state index contributed by atoms with van der Waals surface area (Å²) in [4.78, 5) is 62.3. The van der Waals surface area contributed by atoms with E-state index < -0.39 is 52.5 Å². The maximum absolute atomic E-state index is 10.7. The van der Waals surface area contributed by atoms with Crippen LogP contribution >= 0.6 is 0 Å². The second kappa shape index (κ2) is 19.3. The van der Waals surface area contributed by atoms with E-state index in [1.54, 1.807) is 54.6 Å². The van der Waals surface area contributed by atoms with E-state index in [1.165, 1.54) is 42.5 Å². The Morgan fingerprint density at radius 2 is 0.651 bits per heavy atom. The quantitative estimate of drug-likeness (QED) is 0.258. The maximum Gasteiger partial charge on any atom is 3.00 e. The first kappa shape index (κ1) is 37.2. The number of aromatic carboxylic acids is 6. The van der Waals surface area contributed by atoms with Crippen LogP contribution in [-0.4, -0.2) is 68.5 Å². The molecule has 4 rings (SSSR count). The van der Waals surface area contributed by atoms with Crippen molar-refractivity contribution < 1.29 is 59.4 Å². The van der Waals surface area contributed by atoms with Gasteiger partial charge in [-0.25, -0.2) is 14.4 Å². The van der Waals surface area contributed by atoms with Gasteiger partial charge in [0.2, 0.25) is 0 Å². The van der Waals surface area contributed by atoms with Crippen molar-refractivity contribution >= 4 is 53.2 Å². The van der Waals surface area contributed by atoms with Crippen molar-refractivity contribution in [3.63, 3.8) is 0 Å². The smallest absolute Gasteiger partial charge is 0.545 e. The Labute approximate surface area is 254 Å².